The molecular formula is C14H21N3. The third-order valence-electron chi connectivity index (χ3n) is 3.38. The zero-order chi connectivity index (χ0) is 12.3. The highest BCUT2D eigenvalue weighted by Crippen LogP contribution is 2.19. The second kappa shape index (κ2) is 5.37. The summed E-state index contributed by atoms with van der Waals surface area (Å²) in [5.41, 5.74) is 3.81. The van der Waals surface area contributed by atoms with Crippen molar-refractivity contribution < 1.29 is 0 Å². The largest absolute Gasteiger partial charge is 0.314 e. The highest BCUT2D eigenvalue weighted by atomic mass is 15.3. The minimum absolute atomic E-state index is 0.752. The summed E-state index contributed by atoms with van der Waals surface area (Å²) < 4.78 is 2.04. The fourth-order valence-corrected chi connectivity index (χ4v) is 2.17. The second-order valence-electron chi connectivity index (χ2n) is 4.81. The summed E-state index contributed by atoms with van der Waals surface area (Å²) >= 11 is 0. The number of hydrogen-bond donors (Lipinski definition) is 1. The van der Waals surface area contributed by atoms with Crippen LogP contribution in [0.2, 0.25) is 0 Å². The minimum atomic E-state index is 0.752. The molecule has 0 radical (unpaired) electrons. The minimum Gasteiger partial charge on any atom is -0.314 e. The number of nitrogens with one attached hydrogen (secondary N) is 1. The predicted molar refractivity (Wildman–Crippen MR) is 69.9 cm³/mol. The van der Waals surface area contributed by atoms with E-state index >= 15 is 0 Å². The van der Waals surface area contributed by atoms with Gasteiger partial charge in [0.2, 0.25) is 0 Å². The van der Waals surface area contributed by atoms with E-state index in [0.717, 1.165) is 37.7 Å². The number of aromatic nitrogens is 2. The summed E-state index contributed by atoms with van der Waals surface area (Å²) in [4.78, 5) is 0. The van der Waals surface area contributed by atoms with E-state index in [1.165, 1.54) is 24.1 Å². The van der Waals surface area contributed by atoms with E-state index in [9.17, 15) is 0 Å². The Labute approximate surface area is 104 Å². The highest BCUT2D eigenvalue weighted by molar-refractivity contribution is 5.25. The van der Waals surface area contributed by atoms with Crippen LogP contribution in [0, 0.1) is 26.2 Å². The van der Waals surface area contributed by atoms with Gasteiger partial charge in [0.25, 0.3) is 0 Å². The Hall–Kier alpha value is -1.27. The molecule has 1 aliphatic carbocycles. The van der Waals surface area contributed by atoms with Crippen LogP contribution in [0.1, 0.15) is 36.2 Å². The zero-order valence-corrected chi connectivity index (χ0v) is 10.8. The van der Waals surface area contributed by atoms with E-state index in [0.29, 0.717) is 0 Å². The molecule has 0 bridgehead atoms. The van der Waals surface area contributed by atoms with Crippen molar-refractivity contribution in [2.24, 2.45) is 0 Å². The molecule has 1 aromatic rings. The van der Waals surface area contributed by atoms with Crippen LogP contribution < -0.4 is 5.32 Å². The molecule has 0 aliphatic heterocycles. The van der Waals surface area contributed by atoms with Crippen molar-refractivity contribution in [3.63, 3.8) is 0 Å². The lowest BCUT2D eigenvalue weighted by Gasteiger charge is -2.04. The van der Waals surface area contributed by atoms with E-state index in [2.05, 4.69) is 30.2 Å². The van der Waals surface area contributed by atoms with Gasteiger partial charge in [0.05, 0.1) is 12.2 Å². The lowest BCUT2D eigenvalue weighted by atomic mass is 10.1. The lowest BCUT2D eigenvalue weighted by Crippen LogP contribution is -2.19. The number of aryl methyl sites for hydroxylation is 2. The molecule has 0 saturated heterocycles. The van der Waals surface area contributed by atoms with Gasteiger partial charge in [-0.15, -0.1) is 12.3 Å². The van der Waals surface area contributed by atoms with Crippen molar-refractivity contribution >= 4 is 0 Å². The van der Waals surface area contributed by atoms with Crippen molar-refractivity contribution in [3.05, 3.63) is 17.0 Å². The molecule has 0 amide bonds. The average Bonchev–Trinajstić information content (AvgIpc) is 3.08. The number of nitrogens with zero attached hydrogens (tertiary/aromatic N) is 2. The average molecular weight is 231 g/mol. The molecule has 1 N–H and O–H groups in total. The molecule has 1 aromatic heterocycles. The molecule has 0 aromatic carbocycles. The van der Waals surface area contributed by atoms with Gasteiger partial charge in [-0.1, -0.05) is 0 Å². The monoisotopic (exact) mass is 231 g/mol. The van der Waals surface area contributed by atoms with E-state index in [4.69, 9.17) is 6.42 Å². The van der Waals surface area contributed by atoms with Crippen molar-refractivity contribution in [3.8, 4) is 12.3 Å². The molecule has 1 saturated carbocycles. The van der Waals surface area contributed by atoms with Gasteiger partial charge in [0.15, 0.2) is 0 Å². The highest BCUT2D eigenvalue weighted by Gasteiger charge is 2.20. The van der Waals surface area contributed by atoms with Gasteiger partial charge in [-0.2, -0.15) is 5.10 Å². The first-order chi connectivity index (χ1) is 8.22. The van der Waals surface area contributed by atoms with Gasteiger partial charge in [0.1, 0.15) is 0 Å². The van der Waals surface area contributed by atoms with Crippen LogP contribution in [0.15, 0.2) is 0 Å². The van der Waals surface area contributed by atoms with E-state index in [1.807, 2.05) is 4.68 Å². The molecule has 3 nitrogen and oxygen atoms in total. The Kier molecular flexibility index (Phi) is 3.86. The van der Waals surface area contributed by atoms with Gasteiger partial charge in [-0.25, -0.2) is 0 Å². The van der Waals surface area contributed by atoms with Crippen molar-refractivity contribution in [2.75, 3.05) is 6.54 Å². The van der Waals surface area contributed by atoms with Gasteiger partial charge in [-0.05, 0) is 45.2 Å². The topological polar surface area (TPSA) is 29.9 Å². The van der Waals surface area contributed by atoms with Crippen LogP contribution >= 0.6 is 0 Å². The molecule has 1 fully saturated rings. The predicted octanol–water partition coefficient (Wildman–Crippen LogP) is 1.82. The standard InChI is InChI=1S/C14H21N3/c1-4-5-10-17-12(3)14(11(2)16-17)8-9-15-13-6-7-13/h1,13,15H,5-10H2,2-3H3. The van der Waals surface area contributed by atoms with E-state index < -0.39 is 0 Å². The molecule has 3 heteroatoms. The first-order valence-electron chi connectivity index (χ1n) is 6.42. The maximum absolute atomic E-state index is 5.29. The van der Waals surface area contributed by atoms with Crippen LogP contribution in [-0.4, -0.2) is 22.4 Å². The Balaban J connectivity index is 1.94. The maximum Gasteiger partial charge on any atom is 0.0628 e. The van der Waals surface area contributed by atoms with E-state index in [-0.39, 0.29) is 0 Å². The summed E-state index contributed by atoms with van der Waals surface area (Å²) in [7, 11) is 0. The van der Waals surface area contributed by atoms with Crippen LogP contribution in [-0.2, 0) is 13.0 Å². The van der Waals surface area contributed by atoms with Crippen molar-refractivity contribution in [1.29, 1.82) is 0 Å². The smallest absolute Gasteiger partial charge is 0.0628 e. The Morgan fingerprint density at radius 2 is 2.24 bits per heavy atom. The Morgan fingerprint density at radius 3 is 2.88 bits per heavy atom. The maximum atomic E-state index is 5.29. The molecule has 92 valence electrons. The summed E-state index contributed by atoms with van der Waals surface area (Å²) in [5, 5.41) is 8.10. The van der Waals surface area contributed by atoms with Crippen molar-refractivity contribution in [1.82, 2.24) is 15.1 Å². The first kappa shape index (κ1) is 12.2. The molecule has 2 rings (SSSR count). The molecule has 0 spiro atoms. The molecule has 0 atom stereocenters. The molecule has 17 heavy (non-hydrogen) atoms. The fraction of sp³-hybridized carbons (Fsp3) is 0.643. The zero-order valence-electron chi connectivity index (χ0n) is 10.8. The van der Waals surface area contributed by atoms with Gasteiger partial charge in [0, 0.05) is 18.2 Å². The Bertz CT molecular complexity index is 421. The van der Waals surface area contributed by atoms with Crippen LogP contribution in [0.5, 0.6) is 0 Å². The third kappa shape index (κ3) is 3.10. The lowest BCUT2D eigenvalue weighted by molar-refractivity contribution is 0.606. The SMILES string of the molecule is C#CCCn1nc(C)c(CCNC2CC2)c1C. The Morgan fingerprint density at radius 1 is 1.47 bits per heavy atom. The third-order valence-corrected chi connectivity index (χ3v) is 3.38. The van der Waals surface area contributed by atoms with Crippen LogP contribution in [0.3, 0.4) is 0 Å². The number of rotatable bonds is 6. The summed E-state index contributed by atoms with van der Waals surface area (Å²) in [5.74, 6) is 2.67. The fourth-order valence-electron chi connectivity index (χ4n) is 2.17. The molecule has 1 heterocycles. The normalized spacial score (nSPS) is 14.9. The summed E-state index contributed by atoms with van der Waals surface area (Å²) in [6.07, 6.45) is 9.81. The number of hydrogen-bond acceptors (Lipinski definition) is 2. The van der Waals surface area contributed by atoms with E-state index in [1.54, 1.807) is 0 Å². The summed E-state index contributed by atoms with van der Waals surface area (Å²) in [6.45, 7) is 6.13. The first-order valence-corrected chi connectivity index (χ1v) is 6.42. The van der Waals surface area contributed by atoms with Gasteiger partial charge >= 0.3 is 0 Å². The molecule has 1 aliphatic rings. The second-order valence-corrected chi connectivity index (χ2v) is 4.81. The summed E-state index contributed by atoms with van der Waals surface area (Å²) in [6, 6.07) is 0.784. The molecular weight excluding hydrogens is 210 g/mol. The van der Waals surface area contributed by atoms with Gasteiger partial charge in [-0.3, -0.25) is 4.68 Å². The van der Waals surface area contributed by atoms with Crippen LogP contribution in [0.25, 0.3) is 0 Å². The number of terminal acetylenes is 1. The van der Waals surface area contributed by atoms with Crippen LogP contribution in [0.4, 0.5) is 0 Å². The molecule has 0 unspecified atom stereocenters. The quantitative estimate of drug-likeness (QED) is 0.757. The van der Waals surface area contributed by atoms with Crippen molar-refractivity contribution in [2.45, 2.75) is 52.1 Å². The van der Waals surface area contributed by atoms with Gasteiger partial charge < -0.3 is 5.32 Å².